The molecule has 2 heterocycles. The first-order valence-corrected chi connectivity index (χ1v) is 8.19. The smallest absolute Gasteiger partial charge is 0.410 e. The Balaban J connectivity index is 1.91. The van der Waals surface area contributed by atoms with Gasteiger partial charge in [0.15, 0.2) is 0 Å². The van der Waals surface area contributed by atoms with Crippen LogP contribution in [0.15, 0.2) is 0 Å². The number of hydrogen-bond acceptors (Lipinski definition) is 4. The predicted octanol–water partition coefficient (Wildman–Crippen LogP) is 2.07. The van der Waals surface area contributed by atoms with Gasteiger partial charge in [0.2, 0.25) is 5.91 Å². The molecule has 0 bridgehead atoms. The summed E-state index contributed by atoms with van der Waals surface area (Å²) < 4.78 is 11.0. The highest BCUT2D eigenvalue weighted by Gasteiger charge is 2.37. The first-order valence-electron chi connectivity index (χ1n) is 8.19. The van der Waals surface area contributed by atoms with Crippen molar-refractivity contribution in [3.63, 3.8) is 0 Å². The maximum absolute atomic E-state index is 12.5. The SMILES string of the molecule is CC(NC(=O)C1CCCN1C(=O)OC(C)(C)C)C1CCCO1. The molecule has 0 spiro atoms. The highest BCUT2D eigenvalue weighted by atomic mass is 16.6. The fraction of sp³-hybridized carbons (Fsp3) is 0.875. The lowest BCUT2D eigenvalue weighted by Gasteiger charge is -2.29. The summed E-state index contributed by atoms with van der Waals surface area (Å²) in [5.41, 5.74) is -0.550. The standard InChI is InChI=1S/C16H28N2O4/c1-11(13-8-6-10-21-13)17-14(19)12-7-5-9-18(12)15(20)22-16(2,3)4/h11-13H,5-10H2,1-4H3,(H,17,19). The molecule has 0 aromatic rings. The molecule has 3 atom stereocenters. The largest absolute Gasteiger partial charge is 0.444 e. The normalized spacial score (nSPS) is 26.8. The van der Waals surface area contributed by atoms with Crippen LogP contribution in [0.5, 0.6) is 0 Å². The van der Waals surface area contributed by atoms with Crippen LogP contribution in [0.25, 0.3) is 0 Å². The minimum atomic E-state index is -0.550. The number of hydrogen-bond donors (Lipinski definition) is 1. The number of nitrogens with zero attached hydrogens (tertiary/aromatic N) is 1. The zero-order chi connectivity index (χ0) is 16.3. The third-order valence-corrected chi connectivity index (χ3v) is 4.08. The van der Waals surface area contributed by atoms with Crippen molar-refractivity contribution in [1.82, 2.24) is 10.2 Å². The molecule has 6 nitrogen and oxygen atoms in total. The Labute approximate surface area is 132 Å². The highest BCUT2D eigenvalue weighted by molar-refractivity contribution is 5.86. The van der Waals surface area contributed by atoms with Crippen molar-refractivity contribution in [2.45, 2.75) is 77.2 Å². The van der Waals surface area contributed by atoms with E-state index in [2.05, 4.69) is 5.32 Å². The Kier molecular flexibility index (Phi) is 5.32. The van der Waals surface area contributed by atoms with Crippen LogP contribution in [0.1, 0.15) is 53.4 Å². The number of rotatable bonds is 3. The number of carbonyl (C=O) groups is 2. The van der Waals surface area contributed by atoms with E-state index in [9.17, 15) is 9.59 Å². The molecule has 3 unspecified atom stereocenters. The van der Waals surface area contributed by atoms with Crippen molar-refractivity contribution >= 4 is 12.0 Å². The predicted molar refractivity (Wildman–Crippen MR) is 82.5 cm³/mol. The summed E-state index contributed by atoms with van der Waals surface area (Å²) in [6.45, 7) is 8.78. The van der Waals surface area contributed by atoms with Gasteiger partial charge in [-0.2, -0.15) is 0 Å². The van der Waals surface area contributed by atoms with E-state index in [0.717, 1.165) is 25.9 Å². The number of nitrogens with one attached hydrogen (secondary N) is 1. The van der Waals surface area contributed by atoms with Gasteiger partial charge in [0.05, 0.1) is 12.1 Å². The van der Waals surface area contributed by atoms with Crippen LogP contribution in [0.3, 0.4) is 0 Å². The van der Waals surface area contributed by atoms with Gasteiger partial charge in [0.1, 0.15) is 11.6 Å². The molecule has 6 heteroatoms. The maximum atomic E-state index is 12.5. The summed E-state index contributed by atoms with van der Waals surface area (Å²) in [5, 5.41) is 3.00. The molecule has 2 aliphatic rings. The second kappa shape index (κ2) is 6.86. The summed E-state index contributed by atoms with van der Waals surface area (Å²) in [7, 11) is 0. The van der Waals surface area contributed by atoms with Crippen LogP contribution in [-0.2, 0) is 14.3 Å². The Morgan fingerprint density at radius 2 is 2.00 bits per heavy atom. The fourth-order valence-corrected chi connectivity index (χ4v) is 2.99. The Hall–Kier alpha value is -1.30. The van der Waals surface area contributed by atoms with Crippen LogP contribution in [-0.4, -0.2) is 53.8 Å². The number of amides is 2. The highest BCUT2D eigenvalue weighted by Crippen LogP contribution is 2.22. The van der Waals surface area contributed by atoms with Crippen molar-refractivity contribution < 1.29 is 19.1 Å². The molecule has 0 radical (unpaired) electrons. The molecular weight excluding hydrogens is 284 g/mol. The van der Waals surface area contributed by atoms with E-state index in [1.165, 1.54) is 0 Å². The molecule has 2 amide bonds. The molecule has 126 valence electrons. The van der Waals surface area contributed by atoms with Gasteiger partial charge in [0.25, 0.3) is 0 Å². The fourth-order valence-electron chi connectivity index (χ4n) is 2.99. The van der Waals surface area contributed by atoms with Crippen molar-refractivity contribution in [1.29, 1.82) is 0 Å². The van der Waals surface area contributed by atoms with E-state index in [4.69, 9.17) is 9.47 Å². The quantitative estimate of drug-likeness (QED) is 0.866. The average molecular weight is 312 g/mol. The summed E-state index contributed by atoms with van der Waals surface area (Å²) in [6, 6.07) is -0.463. The summed E-state index contributed by atoms with van der Waals surface area (Å²) in [6.07, 6.45) is 3.20. The molecule has 0 aliphatic carbocycles. The zero-order valence-corrected chi connectivity index (χ0v) is 14.1. The van der Waals surface area contributed by atoms with E-state index in [1.807, 2.05) is 27.7 Å². The van der Waals surface area contributed by atoms with Gasteiger partial charge in [-0.25, -0.2) is 4.79 Å². The van der Waals surface area contributed by atoms with Crippen LogP contribution < -0.4 is 5.32 Å². The molecule has 2 fully saturated rings. The van der Waals surface area contributed by atoms with Crippen molar-refractivity contribution in [2.75, 3.05) is 13.2 Å². The molecule has 2 rings (SSSR count). The summed E-state index contributed by atoms with van der Waals surface area (Å²) in [5.74, 6) is -0.105. The van der Waals surface area contributed by atoms with Crippen molar-refractivity contribution in [3.8, 4) is 0 Å². The third kappa shape index (κ3) is 4.35. The Bertz CT molecular complexity index is 413. The number of ether oxygens (including phenoxy) is 2. The molecule has 0 aromatic carbocycles. The maximum Gasteiger partial charge on any atom is 0.410 e. The zero-order valence-electron chi connectivity index (χ0n) is 14.1. The van der Waals surface area contributed by atoms with Crippen LogP contribution in [0, 0.1) is 0 Å². The lowest BCUT2D eigenvalue weighted by atomic mass is 10.1. The second-order valence-electron chi connectivity index (χ2n) is 7.18. The average Bonchev–Trinajstić information content (AvgIpc) is 3.08. The molecule has 0 saturated carbocycles. The van der Waals surface area contributed by atoms with Crippen molar-refractivity contribution in [3.05, 3.63) is 0 Å². The Morgan fingerprint density at radius 3 is 2.59 bits per heavy atom. The summed E-state index contributed by atoms with van der Waals surface area (Å²) in [4.78, 5) is 26.2. The van der Waals surface area contributed by atoms with E-state index in [1.54, 1.807) is 4.90 Å². The van der Waals surface area contributed by atoms with Crippen LogP contribution >= 0.6 is 0 Å². The number of carbonyl (C=O) groups excluding carboxylic acids is 2. The topological polar surface area (TPSA) is 67.9 Å². The molecule has 2 saturated heterocycles. The minimum Gasteiger partial charge on any atom is -0.444 e. The lowest BCUT2D eigenvalue weighted by Crippen LogP contribution is -2.51. The molecule has 1 N–H and O–H groups in total. The van der Waals surface area contributed by atoms with Crippen LogP contribution in [0.4, 0.5) is 4.79 Å². The summed E-state index contributed by atoms with van der Waals surface area (Å²) >= 11 is 0. The van der Waals surface area contributed by atoms with E-state index >= 15 is 0 Å². The monoisotopic (exact) mass is 312 g/mol. The van der Waals surface area contributed by atoms with Gasteiger partial charge in [-0.15, -0.1) is 0 Å². The second-order valence-corrected chi connectivity index (χ2v) is 7.18. The van der Waals surface area contributed by atoms with E-state index in [0.29, 0.717) is 13.0 Å². The van der Waals surface area contributed by atoms with Gasteiger partial charge >= 0.3 is 6.09 Å². The van der Waals surface area contributed by atoms with E-state index in [-0.39, 0.29) is 18.1 Å². The molecule has 0 aromatic heterocycles. The molecule has 22 heavy (non-hydrogen) atoms. The Morgan fingerprint density at radius 1 is 1.27 bits per heavy atom. The first-order chi connectivity index (χ1) is 10.3. The van der Waals surface area contributed by atoms with Gasteiger partial charge in [0, 0.05) is 13.2 Å². The minimum absolute atomic E-state index is 0.0314. The lowest BCUT2D eigenvalue weighted by molar-refractivity contribution is -0.127. The van der Waals surface area contributed by atoms with Gasteiger partial charge in [-0.3, -0.25) is 9.69 Å². The molecule has 2 aliphatic heterocycles. The third-order valence-electron chi connectivity index (χ3n) is 4.08. The van der Waals surface area contributed by atoms with Crippen molar-refractivity contribution in [2.24, 2.45) is 0 Å². The first kappa shape index (κ1) is 17.1. The van der Waals surface area contributed by atoms with Gasteiger partial charge < -0.3 is 14.8 Å². The van der Waals surface area contributed by atoms with Gasteiger partial charge in [-0.05, 0) is 53.4 Å². The molecular formula is C16H28N2O4. The van der Waals surface area contributed by atoms with Crippen LogP contribution in [0.2, 0.25) is 0 Å². The van der Waals surface area contributed by atoms with Gasteiger partial charge in [-0.1, -0.05) is 0 Å². The number of likely N-dealkylation sites (tertiary alicyclic amines) is 1. The van der Waals surface area contributed by atoms with E-state index < -0.39 is 17.7 Å².